The van der Waals surface area contributed by atoms with Gasteiger partial charge in [-0.2, -0.15) is 31.0 Å². The Bertz CT molecular complexity index is 1670. The standard InChI is InChI=1S/C14H13ClF3N3O2.C11H8ClF3N2O.C3H5NO/c1-3-19-13(22)21-8(2)6-12(20-21)23-9-4-5-11(15)10(7-9)14(16,17)18;1-6-4-10(17-16-6)18-7-2-3-9(12)8(5-7)11(13,14)15;1-2-4-3-5/h4-7H,3H2,1-2H3,(H,19,22);2-5H,1H3,(H,16,17);2H2,1H3. The van der Waals surface area contributed by atoms with Gasteiger partial charge in [-0.3, -0.25) is 5.10 Å². The second-order valence-corrected chi connectivity index (χ2v) is 9.62. The van der Waals surface area contributed by atoms with Gasteiger partial charge < -0.3 is 14.8 Å². The predicted octanol–water partition coefficient (Wildman–Crippen LogP) is 8.76. The smallest absolute Gasteiger partial charge is 0.417 e. The molecule has 10 nitrogen and oxygen atoms in total. The number of nitrogens with one attached hydrogen (secondary N) is 2. The highest BCUT2D eigenvalue weighted by atomic mass is 35.5. The van der Waals surface area contributed by atoms with Crippen molar-refractivity contribution in [2.75, 3.05) is 13.1 Å². The lowest BCUT2D eigenvalue weighted by atomic mass is 10.2. The first-order valence-corrected chi connectivity index (χ1v) is 13.7. The molecule has 0 fully saturated rings. The lowest BCUT2D eigenvalue weighted by Gasteiger charge is -2.10. The molecule has 2 heterocycles. The molecule has 0 radical (unpaired) electrons. The summed E-state index contributed by atoms with van der Waals surface area (Å²) in [7, 11) is 0. The Labute approximate surface area is 268 Å². The molecule has 2 aromatic carbocycles. The van der Waals surface area contributed by atoms with Crippen LogP contribution in [0.5, 0.6) is 23.3 Å². The average molecular weight is 695 g/mol. The molecule has 0 aliphatic carbocycles. The van der Waals surface area contributed by atoms with Crippen molar-refractivity contribution >= 4 is 35.3 Å². The molecule has 0 spiro atoms. The molecule has 18 heteroatoms. The number of rotatable bonds is 6. The SMILES string of the molecule is CCN=C=O.CCNC(=O)n1nc(Oc2ccc(Cl)c(C(F)(F)F)c2)cc1C.Cc1cc(Oc2ccc(Cl)c(C(F)(F)F)c2)n[nH]1. The van der Waals surface area contributed by atoms with Crippen LogP contribution >= 0.6 is 23.2 Å². The van der Waals surface area contributed by atoms with E-state index in [0.29, 0.717) is 18.8 Å². The minimum Gasteiger partial charge on any atom is -0.438 e. The van der Waals surface area contributed by atoms with E-state index in [1.807, 2.05) is 0 Å². The fraction of sp³-hybridized carbons (Fsp3) is 0.286. The maximum atomic E-state index is 12.8. The first-order chi connectivity index (χ1) is 21.5. The zero-order valence-corrected chi connectivity index (χ0v) is 26.0. The number of carbonyl (C=O) groups is 1. The number of carbonyl (C=O) groups excluding carboxylic acids is 2. The molecule has 0 saturated carbocycles. The third kappa shape index (κ3) is 11.4. The summed E-state index contributed by atoms with van der Waals surface area (Å²) in [6.45, 7) is 7.87. The number of hydrogen-bond acceptors (Lipinski definition) is 7. The van der Waals surface area contributed by atoms with E-state index in [-0.39, 0.29) is 28.3 Å². The summed E-state index contributed by atoms with van der Waals surface area (Å²) in [5.74, 6) is 0.146. The van der Waals surface area contributed by atoms with Crippen LogP contribution in [0.3, 0.4) is 0 Å². The molecule has 0 aliphatic rings. The van der Waals surface area contributed by atoms with E-state index >= 15 is 0 Å². The lowest BCUT2D eigenvalue weighted by Crippen LogP contribution is -2.29. The maximum Gasteiger partial charge on any atom is 0.417 e. The van der Waals surface area contributed by atoms with E-state index in [9.17, 15) is 31.1 Å². The Hall–Kier alpha value is -4.53. The molecule has 248 valence electrons. The Kier molecular flexibility index (Phi) is 13.7. The zero-order chi connectivity index (χ0) is 34.7. The molecule has 4 rings (SSSR count). The molecule has 0 atom stereocenters. The number of amides is 1. The second kappa shape index (κ2) is 16.7. The van der Waals surface area contributed by atoms with Gasteiger partial charge in [0.25, 0.3) is 0 Å². The molecule has 0 unspecified atom stereocenters. The Morgan fingerprint density at radius 1 is 0.913 bits per heavy atom. The van der Waals surface area contributed by atoms with Crippen molar-refractivity contribution in [3.8, 4) is 23.3 Å². The van der Waals surface area contributed by atoms with E-state index in [1.165, 1.54) is 24.3 Å². The highest BCUT2D eigenvalue weighted by molar-refractivity contribution is 6.31. The first-order valence-electron chi connectivity index (χ1n) is 13.0. The monoisotopic (exact) mass is 694 g/mol. The van der Waals surface area contributed by atoms with Gasteiger partial charge in [-0.15, -0.1) is 10.2 Å². The minimum absolute atomic E-state index is 0.00389. The third-order valence-electron chi connectivity index (χ3n) is 5.22. The van der Waals surface area contributed by atoms with Crippen LogP contribution in [0.2, 0.25) is 10.0 Å². The van der Waals surface area contributed by atoms with Gasteiger partial charge >= 0.3 is 18.4 Å². The summed E-state index contributed by atoms with van der Waals surface area (Å²) >= 11 is 11.0. The van der Waals surface area contributed by atoms with E-state index in [4.69, 9.17) is 37.5 Å². The molecular formula is C28H26Cl2F6N6O4. The summed E-state index contributed by atoms with van der Waals surface area (Å²) in [5, 5.41) is 12.1. The highest BCUT2D eigenvalue weighted by Crippen LogP contribution is 2.38. The average Bonchev–Trinajstić information content (AvgIpc) is 3.55. The lowest BCUT2D eigenvalue weighted by molar-refractivity contribution is -0.138. The van der Waals surface area contributed by atoms with Crippen molar-refractivity contribution in [1.29, 1.82) is 0 Å². The van der Waals surface area contributed by atoms with E-state index in [2.05, 4.69) is 25.6 Å². The van der Waals surface area contributed by atoms with Crippen LogP contribution in [0, 0.1) is 13.8 Å². The summed E-state index contributed by atoms with van der Waals surface area (Å²) in [5.41, 5.74) is -0.712. The topological polar surface area (TPSA) is 123 Å². The molecule has 0 bridgehead atoms. The Morgan fingerprint density at radius 2 is 1.43 bits per heavy atom. The molecule has 0 saturated heterocycles. The van der Waals surface area contributed by atoms with Gasteiger partial charge in [-0.25, -0.2) is 14.6 Å². The number of H-pyrrole nitrogens is 1. The van der Waals surface area contributed by atoms with E-state index < -0.39 is 34.5 Å². The van der Waals surface area contributed by atoms with Crippen LogP contribution < -0.4 is 14.8 Å². The summed E-state index contributed by atoms with van der Waals surface area (Å²) in [6, 6.07) is 9.05. The van der Waals surface area contributed by atoms with E-state index in [1.54, 1.807) is 33.8 Å². The number of nitrogens with zero attached hydrogens (tertiary/aromatic N) is 4. The van der Waals surface area contributed by atoms with Crippen LogP contribution in [0.4, 0.5) is 31.1 Å². The molecule has 0 aliphatic heterocycles. The van der Waals surface area contributed by atoms with Gasteiger partial charge in [0, 0.05) is 30.9 Å². The third-order valence-corrected chi connectivity index (χ3v) is 5.88. The minimum atomic E-state index is -4.59. The quantitative estimate of drug-likeness (QED) is 0.118. The fourth-order valence-electron chi connectivity index (χ4n) is 3.25. The highest BCUT2D eigenvalue weighted by Gasteiger charge is 2.34. The number of aromatic nitrogens is 4. The maximum absolute atomic E-state index is 12.8. The molecule has 46 heavy (non-hydrogen) atoms. The number of alkyl halides is 6. The number of hydrogen-bond donors (Lipinski definition) is 2. The molecule has 2 N–H and O–H groups in total. The number of benzene rings is 2. The predicted molar refractivity (Wildman–Crippen MR) is 156 cm³/mol. The van der Waals surface area contributed by atoms with Crippen molar-refractivity contribution in [3.63, 3.8) is 0 Å². The van der Waals surface area contributed by atoms with Crippen molar-refractivity contribution < 1.29 is 45.4 Å². The van der Waals surface area contributed by atoms with Crippen molar-refractivity contribution in [2.45, 2.75) is 40.0 Å². The van der Waals surface area contributed by atoms with Crippen LogP contribution in [0.25, 0.3) is 0 Å². The summed E-state index contributed by atoms with van der Waals surface area (Å²) in [4.78, 5) is 24.0. The summed E-state index contributed by atoms with van der Waals surface area (Å²) < 4.78 is 87.8. The first kappa shape index (κ1) is 37.7. The number of ether oxygens (including phenoxy) is 2. The van der Waals surface area contributed by atoms with Gasteiger partial charge in [0.2, 0.25) is 17.8 Å². The van der Waals surface area contributed by atoms with Crippen molar-refractivity contribution in [3.05, 3.63) is 81.1 Å². The van der Waals surface area contributed by atoms with Crippen molar-refractivity contribution in [1.82, 2.24) is 25.3 Å². The number of isocyanates is 1. The number of aliphatic imine (C=N–C) groups is 1. The van der Waals surface area contributed by atoms with Gasteiger partial charge in [0.1, 0.15) is 11.5 Å². The van der Waals surface area contributed by atoms with Gasteiger partial charge in [-0.05, 0) is 64.1 Å². The van der Waals surface area contributed by atoms with Crippen LogP contribution in [0.15, 0.2) is 53.5 Å². The van der Waals surface area contributed by atoms with Gasteiger partial charge in [0.15, 0.2) is 0 Å². The van der Waals surface area contributed by atoms with Crippen LogP contribution in [-0.4, -0.2) is 45.2 Å². The number of aryl methyl sites for hydroxylation is 2. The number of aromatic amines is 1. The molecular weight excluding hydrogens is 669 g/mol. The van der Waals surface area contributed by atoms with Gasteiger partial charge in [0.05, 0.1) is 26.9 Å². The molecule has 2 aromatic heterocycles. The number of halogens is 8. The largest absolute Gasteiger partial charge is 0.438 e. The Morgan fingerprint density at radius 3 is 1.83 bits per heavy atom. The second-order valence-electron chi connectivity index (χ2n) is 8.81. The van der Waals surface area contributed by atoms with Crippen LogP contribution in [0.1, 0.15) is 36.4 Å². The zero-order valence-electron chi connectivity index (χ0n) is 24.5. The molecule has 4 aromatic rings. The normalized spacial score (nSPS) is 10.9. The summed E-state index contributed by atoms with van der Waals surface area (Å²) in [6.07, 6.45) is -7.71. The van der Waals surface area contributed by atoms with E-state index in [0.717, 1.165) is 34.6 Å². The van der Waals surface area contributed by atoms with Gasteiger partial charge in [-0.1, -0.05) is 23.2 Å². The fourth-order valence-corrected chi connectivity index (χ4v) is 3.70. The Balaban J connectivity index is 0.000000285. The van der Waals surface area contributed by atoms with Crippen molar-refractivity contribution in [2.24, 2.45) is 4.99 Å². The van der Waals surface area contributed by atoms with Crippen LogP contribution in [-0.2, 0) is 17.1 Å². The molecule has 1 amide bonds.